The van der Waals surface area contributed by atoms with Crippen molar-refractivity contribution in [1.29, 1.82) is 0 Å². The predicted octanol–water partition coefficient (Wildman–Crippen LogP) is 0.691. The Morgan fingerprint density at radius 2 is 2.28 bits per heavy atom. The summed E-state index contributed by atoms with van der Waals surface area (Å²) in [4.78, 5) is 11.5. The van der Waals surface area contributed by atoms with Crippen molar-refractivity contribution in [3.63, 3.8) is 0 Å². The number of nitrogens with zero attached hydrogens (tertiary/aromatic N) is 1. The van der Waals surface area contributed by atoms with Crippen molar-refractivity contribution in [3.8, 4) is 0 Å². The number of carbonyl (C=O) groups excluding carboxylic acids is 1. The molecule has 1 aliphatic carbocycles. The van der Waals surface area contributed by atoms with Gasteiger partial charge in [-0.05, 0) is 25.7 Å². The van der Waals surface area contributed by atoms with Crippen LogP contribution in [0, 0.1) is 0 Å². The number of rotatable bonds is 5. The molecule has 1 amide bonds. The fourth-order valence-electron chi connectivity index (χ4n) is 2.07. The zero-order valence-corrected chi connectivity index (χ0v) is 10.3. The van der Waals surface area contributed by atoms with Crippen LogP contribution in [0.2, 0.25) is 0 Å². The molecule has 0 atom stereocenters. The van der Waals surface area contributed by atoms with E-state index in [2.05, 4.69) is 15.0 Å². The summed E-state index contributed by atoms with van der Waals surface area (Å²) in [6.45, 7) is 0.998. The first-order chi connectivity index (χ1) is 8.75. The summed E-state index contributed by atoms with van der Waals surface area (Å²) in [5.74, 6) is -0.238. The van der Waals surface area contributed by atoms with Crippen LogP contribution < -0.4 is 11.1 Å². The number of hydrogen-bond acceptors (Lipinski definition) is 5. The molecule has 2 rings (SSSR count). The quantitative estimate of drug-likeness (QED) is 0.753. The second kappa shape index (κ2) is 6.51. The number of carbonyl (C=O) groups is 1. The van der Waals surface area contributed by atoms with Gasteiger partial charge in [-0.1, -0.05) is 5.16 Å². The van der Waals surface area contributed by atoms with Crippen LogP contribution in [0.1, 0.15) is 36.2 Å². The SMILES string of the molecule is NC1CCC(OCCNC(=O)c2ccon2)CC1. The van der Waals surface area contributed by atoms with E-state index in [0.29, 0.717) is 24.9 Å². The van der Waals surface area contributed by atoms with Crippen LogP contribution in [0.25, 0.3) is 0 Å². The van der Waals surface area contributed by atoms with E-state index in [1.807, 2.05) is 0 Å². The van der Waals surface area contributed by atoms with Crippen molar-refractivity contribution in [1.82, 2.24) is 10.5 Å². The highest BCUT2D eigenvalue weighted by Crippen LogP contribution is 2.19. The first-order valence-electron chi connectivity index (χ1n) is 6.31. The highest BCUT2D eigenvalue weighted by Gasteiger charge is 2.18. The van der Waals surface area contributed by atoms with E-state index in [-0.39, 0.29) is 12.0 Å². The van der Waals surface area contributed by atoms with E-state index in [1.54, 1.807) is 0 Å². The van der Waals surface area contributed by atoms with Crippen molar-refractivity contribution >= 4 is 5.91 Å². The highest BCUT2D eigenvalue weighted by atomic mass is 16.5. The largest absolute Gasteiger partial charge is 0.376 e. The van der Waals surface area contributed by atoms with Crippen LogP contribution in [-0.2, 0) is 4.74 Å². The Kier molecular flexibility index (Phi) is 4.72. The zero-order chi connectivity index (χ0) is 12.8. The molecule has 0 unspecified atom stereocenters. The molecule has 1 fully saturated rings. The number of nitrogens with two attached hydrogens (primary N) is 1. The molecule has 1 saturated carbocycles. The molecule has 1 aromatic heterocycles. The monoisotopic (exact) mass is 253 g/mol. The summed E-state index contributed by atoms with van der Waals surface area (Å²) in [5, 5.41) is 6.27. The van der Waals surface area contributed by atoms with Gasteiger partial charge in [0.15, 0.2) is 5.69 Å². The molecule has 0 radical (unpaired) electrons. The number of ether oxygens (including phenoxy) is 1. The Bertz CT molecular complexity index is 359. The third kappa shape index (κ3) is 3.82. The maximum absolute atomic E-state index is 11.5. The van der Waals surface area contributed by atoms with Crippen LogP contribution in [-0.4, -0.2) is 36.4 Å². The average Bonchev–Trinajstić information content (AvgIpc) is 2.90. The second-order valence-electron chi connectivity index (χ2n) is 4.55. The van der Waals surface area contributed by atoms with Crippen LogP contribution in [0.15, 0.2) is 16.9 Å². The molecule has 3 N–H and O–H groups in total. The standard InChI is InChI=1S/C12H19N3O3/c13-9-1-3-10(4-2-9)17-8-6-14-12(16)11-5-7-18-15-11/h5,7,9-10H,1-4,6,8,13H2,(H,14,16). The van der Waals surface area contributed by atoms with Crippen molar-refractivity contribution in [2.24, 2.45) is 5.73 Å². The smallest absolute Gasteiger partial charge is 0.273 e. The molecule has 1 heterocycles. The molecule has 1 aliphatic rings. The Morgan fingerprint density at radius 1 is 1.50 bits per heavy atom. The van der Waals surface area contributed by atoms with E-state index in [1.165, 1.54) is 12.3 Å². The Hall–Kier alpha value is -1.40. The Balaban J connectivity index is 1.57. The van der Waals surface area contributed by atoms with E-state index in [0.717, 1.165) is 25.7 Å². The van der Waals surface area contributed by atoms with E-state index in [9.17, 15) is 4.79 Å². The van der Waals surface area contributed by atoms with Gasteiger partial charge in [-0.15, -0.1) is 0 Å². The summed E-state index contributed by atoms with van der Waals surface area (Å²) < 4.78 is 10.3. The van der Waals surface area contributed by atoms with Gasteiger partial charge in [-0.2, -0.15) is 0 Å². The van der Waals surface area contributed by atoms with Gasteiger partial charge in [0.2, 0.25) is 0 Å². The molecular weight excluding hydrogens is 234 g/mol. The number of nitrogens with one attached hydrogen (secondary N) is 1. The van der Waals surface area contributed by atoms with Gasteiger partial charge in [-0.25, -0.2) is 0 Å². The molecule has 18 heavy (non-hydrogen) atoms. The van der Waals surface area contributed by atoms with Crippen LogP contribution in [0.5, 0.6) is 0 Å². The lowest BCUT2D eigenvalue weighted by Crippen LogP contribution is -2.33. The fraction of sp³-hybridized carbons (Fsp3) is 0.667. The van der Waals surface area contributed by atoms with Gasteiger partial charge in [0.05, 0.1) is 12.7 Å². The maximum Gasteiger partial charge on any atom is 0.273 e. The molecule has 6 nitrogen and oxygen atoms in total. The minimum atomic E-state index is -0.238. The van der Waals surface area contributed by atoms with E-state index >= 15 is 0 Å². The Labute approximate surface area is 106 Å². The number of aromatic nitrogens is 1. The summed E-state index contributed by atoms with van der Waals surface area (Å²) >= 11 is 0. The van der Waals surface area contributed by atoms with Crippen LogP contribution in [0.3, 0.4) is 0 Å². The molecule has 0 aromatic carbocycles. The fourth-order valence-corrected chi connectivity index (χ4v) is 2.07. The molecule has 0 aliphatic heterocycles. The van der Waals surface area contributed by atoms with Crippen molar-refractivity contribution < 1.29 is 14.1 Å². The second-order valence-corrected chi connectivity index (χ2v) is 4.55. The van der Waals surface area contributed by atoms with Gasteiger partial charge in [-0.3, -0.25) is 4.79 Å². The summed E-state index contributed by atoms with van der Waals surface area (Å²) in [7, 11) is 0. The minimum absolute atomic E-state index is 0.238. The van der Waals surface area contributed by atoms with Gasteiger partial charge in [0.25, 0.3) is 5.91 Å². The predicted molar refractivity (Wildman–Crippen MR) is 65.0 cm³/mol. The lowest BCUT2D eigenvalue weighted by molar-refractivity contribution is 0.0267. The van der Waals surface area contributed by atoms with Crippen LogP contribution in [0.4, 0.5) is 0 Å². The maximum atomic E-state index is 11.5. The summed E-state index contributed by atoms with van der Waals surface area (Å²) in [5.41, 5.74) is 6.11. The minimum Gasteiger partial charge on any atom is -0.376 e. The molecule has 100 valence electrons. The lowest BCUT2D eigenvalue weighted by Gasteiger charge is -2.26. The molecular formula is C12H19N3O3. The zero-order valence-electron chi connectivity index (χ0n) is 10.3. The number of amides is 1. The van der Waals surface area contributed by atoms with Gasteiger partial charge in [0, 0.05) is 18.7 Å². The van der Waals surface area contributed by atoms with Crippen molar-refractivity contribution in [3.05, 3.63) is 18.0 Å². The molecule has 0 spiro atoms. The topological polar surface area (TPSA) is 90.4 Å². The third-order valence-corrected chi connectivity index (χ3v) is 3.13. The lowest BCUT2D eigenvalue weighted by atomic mass is 9.94. The normalized spacial score (nSPS) is 23.8. The Morgan fingerprint density at radius 3 is 2.94 bits per heavy atom. The average molecular weight is 253 g/mol. The molecule has 0 bridgehead atoms. The van der Waals surface area contributed by atoms with Gasteiger partial charge in [0.1, 0.15) is 6.26 Å². The van der Waals surface area contributed by atoms with Gasteiger partial charge >= 0.3 is 0 Å². The first-order valence-corrected chi connectivity index (χ1v) is 6.31. The summed E-state index contributed by atoms with van der Waals surface area (Å²) in [6.07, 6.45) is 5.73. The highest BCUT2D eigenvalue weighted by molar-refractivity contribution is 5.91. The summed E-state index contributed by atoms with van der Waals surface area (Å²) in [6, 6.07) is 1.86. The van der Waals surface area contributed by atoms with E-state index < -0.39 is 0 Å². The molecule has 1 aromatic rings. The van der Waals surface area contributed by atoms with E-state index in [4.69, 9.17) is 10.5 Å². The van der Waals surface area contributed by atoms with Crippen LogP contribution >= 0.6 is 0 Å². The van der Waals surface area contributed by atoms with Gasteiger partial charge < -0.3 is 20.3 Å². The number of hydrogen-bond donors (Lipinski definition) is 2. The van der Waals surface area contributed by atoms with Crippen molar-refractivity contribution in [2.75, 3.05) is 13.2 Å². The molecule has 6 heteroatoms. The molecule has 0 saturated heterocycles. The third-order valence-electron chi connectivity index (χ3n) is 3.13. The van der Waals surface area contributed by atoms with Crippen molar-refractivity contribution in [2.45, 2.75) is 37.8 Å². The first kappa shape index (κ1) is 13.0.